The number of nitro benzene ring substituents is 1. The third-order valence-corrected chi connectivity index (χ3v) is 4.76. The molecule has 0 bridgehead atoms. The lowest BCUT2D eigenvalue weighted by Crippen LogP contribution is -2.15. The molecule has 0 saturated heterocycles. The van der Waals surface area contributed by atoms with E-state index in [9.17, 15) is 19.7 Å². The number of methoxy groups -OCH3 is 1. The molecule has 0 saturated carbocycles. The van der Waals surface area contributed by atoms with E-state index in [1.54, 1.807) is 31.2 Å². The molecular formula is C18H13BrN2O5. The van der Waals surface area contributed by atoms with Crippen molar-refractivity contribution < 1.29 is 19.2 Å². The quantitative estimate of drug-likeness (QED) is 0.364. The molecule has 2 aromatic carbocycles. The smallest absolute Gasteiger partial charge is 0.340 e. The maximum Gasteiger partial charge on any atom is 0.340 e. The summed E-state index contributed by atoms with van der Waals surface area (Å²) in [5.74, 6) is -1.02. The lowest BCUT2D eigenvalue weighted by atomic mass is 10.1. The molecule has 0 aliphatic heterocycles. The minimum Gasteiger partial charge on any atom is -0.465 e. The number of nitro groups is 1. The first-order valence-corrected chi connectivity index (χ1v) is 8.33. The molecule has 0 unspecified atom stereocenters. The summed E-state index contributed by atoms with van der Waals surface area (Å²) >= 11 is 3.10. The first-order chi connectivity index (χ1) is 12.4. The van der Waals surface area contributed by atoms with Crippen LogP contribution in [0.15, 0.2) is 46.9 Å². The molecule has 3 aromatic rings. The predicted molar refractivity (Wildman–Crippen MR) is 98.5 cm³/mol. The van der Waals surface area contributed by atoms with Crippen molar-refractivity contribution in [3.8, 4) is 0 Å². The Labute approximate surface area is 156 Å². The van der Waals surface area contributed by atoms with Crippen LogP contribution in [0.3, 0.4) is 0 Å². The van der Waals surface area contributed by atoms with E-state index in [4.69, 9.17) is 4.74 Å². The molecule has 0 amide bonds. The first-order valence-electron chi connectivity index (χ1n) is 7.53. The van der Waals surface area contributed by atoms with Crippen LogP contribution < -0.4 is 0 Å². The topological polar surface area (TPSA) is 91.4 Å². The lowest BCUT2D eigenvalue weighted by molar-refractivity contribution is -0.385. The molecule has 0 atom stereocenters. The van der Waals surface area contributed by atoms with Crippen LogP contribution in [-0.2, 0) is 4.74 Å². The maximum atomic E-state index is 13.1. The molecule has 0 aliphatic rings. The second-order valence-corrected chi connectivity index (χ2v) is 6.39. The number of benzene rings is 2. The van der Waals surface area contributed by atoms with Crippen LogP contribution in [0, 0.1) is 17.0 Å². The molecule has 0 aliphatic carbocycles. The van der Waals surface area contributed by atoms with E-state index in [2.05, 4.69) is 15.9 Å². The summed E-state index contributed by atoms with van der Waals surface area (Å²) in [4.78, 5) is 35.8. The summed E-state index contributed by atoms with van der Waals surface area (Å²) in [6, 6.07) is 11.1. The molecule has 132 valence electrons. The number of nitrogens with zero attached hydrogens (tertiary/aromatic N) is 2. The monoisotopic (exact) mass is 416 g/mol. The Morgan fingerprint density at radius 3 is 2.54 bits per heavy atom. The van der Waals surface area contributed by atoms with Gasteiger partial charge in [0.05, 0.1) is 27.6 Å². The van der Waals surface area contributed by atoms with Crippen LogP contribution in [-0.4, -0.2) is 28.5 Å². The van der Waals surface area contributed by atoms with E-state index in [0.717, 1.165) is 0 Å². The Hall–Kier alpha value is -3.00. The number of rotatable bonds is 3. The van der Waals surface area contributed by atoms with Crippen LogP contribution in [0.25, 0.3) is 10.9 Å². The van der Waals surface area contributed by atoms with E-state index in [1.165, 1.54) is 29.9 Å². The van der Waals surface area contributed by atoms with Crippen molar-refractivity contribution in [2.75, 3.05) is 7.11 Å². The molecule has 26 heavy (non-hydrogen) atoms. The number of aromatic nitrogens is 1. The third-order valence-electron chi connectivity index (χ3n) is 4.09. The van der Waals surface area contributed by atoms with Gasteiger partial charge in [0.15, 0.2) is 0 Å². The number of para-hydroxylation sites is 1. The van der Waals surface area contributed by atoms with Gasteiger partial charge < -0.3 is 4.74 Å². The molecule has 1 heterocycles. The molecule has 0 fully saturated rings. The van der Waals surface area contributed by atoms with Crippen LogP contribution in [0.2, 0.25) is 0 Å². The molecule has 0 spiro atoms. The second kappa shape index (κ2) is 6.72. The van der Waals surface area contributed by atoms with E-state index in [-0.39, 0.29) is 15.7 Å². The van der Waals surface area contributed by atoms with Crippen molar-refractivity contribution in [1.29, 1.82) is 0 Å². The molecule has 1 aromatic heterocycles. The van der Waals surface area contributed by atoms with E-state index in [0.29, 0.717) is 22.2 Å². The number of halogens is 1. The molecular weight excluding hydrogens is 404 g/mol. The number of esters is 1. The fraction of sp³-hybridized carbons (Fsp3) is 0.111. The average Bonchev–Trinajstić information content (AvgIpc) is 2.92. The average molecular weight is 417 g/mol. The number of carbonyl (C=O) groups excluding carboxylic acids is 2. The molecule has 7 nitrogen and oxygen atoms in total. The van der Waals surface area contributed by atoms with Crippen LogP contribution >= 0.6 is 15.9 Å². The van der Waals surface area contributed by atoms with E-state index in [1.807, 2.05) is 0 Å². The van der Waals surface area contributed by atoms with Crippen molar-refractivity contribution >= 4 is 44.4 Å². The van der Waals surface area contributed by atoms with Crippen molar-refractivity contribution in [2.45, 2.75) is 6.92 Å². The SMILES string of the molecule is COC(=O)c1c(C)n(C(=O)c2ccc(Br)c([N+](=O)[O-])c2)c2ccccc12. The van der Waals surface area contributed by atoms with Gasteiger partial charge in [-0.15, -0.1) is 0 Å². The lowest BCUT2D eigenvalue weighted by Gasteiger charge is -2.08. The minimum atomic E-state index is -0.568. The molecule has 0 N–H and O–H groups in total. The van der Waals surface area contributed by atoms with E-state index < -0.39 is 16.8 Å². The van der Waals surface area contributed by atoms with Gasteiger partial charge in [-0.05, 0) is 41.1 Å². The Morgan fingerprint density at radius 2 is 1.88 bits per heavy atom. The fourth-order valence-corrected chi connectivity index (χ4v) is 3.29. The second-order valence-electron chi connectivity index (χ2n) is 5.53. The standard InChI is InChI=1S/C18H13BrN2O5/c1-10-16(18(23)26-2)12-5-3-4-6-14(12)20(10)17(22)11-7-8-13(19)15(9-11)21(24)25/h3-9H,1-2H3. The number of fused-ring (bicyclic) bond motifs is 1. The summed E-state index contributed by atoms with van der Waals surface area (Å²) in [5.41, 5.74) is 1.16. The zero-order chi connectivity index (χ0) is 19.0. The molecule has 8 heteroatoms. The summed E-state index contributed by atoms with van der Waals surface area (Å²) < 4.78 is 6.48. The summed E-state index contributed by atoms with van der Waals surface area (Å²) in [7, 11) is 1.27. The van der Waals surface area contributed by atoms with Crippen LogP contribution in [0.1, 0.15) is 26.4 Å². The highest BCUT2D eigenvalue weighted by Gasteiger charge is 2.25. The highest BCUT2D eigenvalue weighted by atomic mass is 79.9. The van der Waals surface area contributed by atoms with Gasteiger partial charge in [0.1, 0.15) is 0 Å². The first kappa shape index (κ1) is 17.8. The maximum absolute atomic E-state index is 13.1. The Balaban J connectivity index is 2.25. The highest BCUT2D eigenvalue weighted by Crippen LogP contribution is 2.30. The van der Waals surface area contributed by atoms with Crippen molar-refractivity contribution in [3.05, 3.63) is 73.9 Å². The number of ether oxygens (including phenoxy) is 1. The largest absolute Gasteiger partial charge is 0.465 e. The van der Waals surface area contributed by atoms with Gasteiger partial charge in [-0.1, -0.05) is 18.2 Å². The Morgan fingerprint density at radius 1 is 1.19 bits per heavy atom. The van der Waals surface area contributed by atoms with Gasteiger partial charge in [-0.2, -0.15) is 0 Å². The zero-order valence-corrected chi connectivity index (χ0v) is 15.4. The third kappa shape index (κ3) is 2.78. The van der Waals surface area contributed by atoms with Gasteiger partial charge >= 0.3 is 5.97 Å². The predicted octanol–water partition coefficient (Wildman–Crippen LogP) is 4.10. The number of carbonyl (C=O) groups is 2. The van der Waals surface area contributed by atoms with Crippen LogP contribution in [0.4, 0.5) is 5.69 Å². The van der Waals surface area contributed by atoms with Gasteiger partial charge in [-0.3, -0.25) is 19.5 Å². The molecule has 3 rings (SSSR count). The van der Waals surface area contributed by atoms with Gasteiger partial charge in [-0.25, -0.2) is 4.79 Å². The van der Waals surface area contributed by atoms with Gasteiger partial charge in [0.25, 0.3) is 11.6 Å². The van der Waals surface area contributed by atoms with Gasteiger partial charge in [0, 0.05) is 22.7 Å². The Bertz CT molecular complexity index is 1070. The van der Waals surface area contributed by atoms with Crippen molar-refractivity contribution in [3.63, 3.8) is 0 Å². The highest BCUT2D eigenvalue weighted by molar-refractivity contribution is 9.10. The molecule has 0 radical (unpaired) electrons. The fourth-order valence-electron chi connectivity index (χ4n) is 2.90. The normalized spacial score (nSPS) is 10.7. The Kier molecular flexibility index (Phi) is 4.60. The number of hydrogen-bond donors (Lipinski definition) is 0. The summed E-state index contributed by atoms with van der Waals surface area (Å²) in [6.07, 6.45) is 0. The summed E-state index contributed by atoms with van der Waals surface area (Å²) in [6.45, 7) is 1.64. The minimum absolute atomic E-state index is 0.139. The summed E-state index contributed by atoms with van der Waals surface area (Å²) in [5, 5.41) is 11.7. The van der Waals surface area contributed by atoms with Crippen LogP contribution in [0.5, 0.6) is 0 Å². The van der Waals surface area contributed by atoms with Crippen molar-refractivity contribution in [1.82, 2.24) is 4.57 Å². The van der Waals surface area contributed by atoms with Crippen molar-refractivity contribution in [2.24, 2.45) is 0 Å². The zero-order valence-electron chi connectivity index (χ0n) is 13.9. The number of hydrogen-bond acceptors (Lipinski definition) is 5. The van der Waals surface area contributed by atoms with Gasteiger partial charge in [0.2, 0.25) is 0 Å². The van der Waals surface area contributed by atoms with E-state index >= 15 is 0 Å².